The maximum absolute atomic E-state index is 13.6. The fraction of sp³-hybridized carbons (Fsp3) is 0.174. The molecule has 0 saturated carbocycles. The molecule has 1 saturated heterocycles. The summed E-state index contributed by atoms with van der Waals surface area (Å²) in [5.74, 6) is -0.173. The van der Waals surface area contributed by atoms with Crippen LogP contribution >= 0.6 is 0 Å². The Balaban J connectivity index is 0.000000158. The number of carbonyl (C=O) groups is 3. The Labute approximate surface area is 197 Å². The number of urea groups is 1. The van der Waals surface area contributed by atoms with Crippen molar-refractivity contribution in [2.45, 2.75) is 12.6 Å². The largest absolute Gasteiger partial charge is 0.494 e. The van der Waals surface area contributed by atoms with Crippen molar-refractivity contribution in [3.8, 4) is 11.6 Å². The summed E-state index contributed by atoms with van der Waals surface area (Å²) in [4.78, 5) is 40.2. The Morgan fingerprint density at radius 3 is 2.71 bits per heavy atom. The molecule has 4 aromatic rings. The summed E-state index contributed by atoms with van der Waals surface area (Å²) in [5, 5.41) is 8.75. The number of carbonyl (C=O) groups excluding carboxylic acids is 3. The van der Waals surface area contributed by atoms with Crippen LogP contribution in [0.1, 0.15) is 27.7 Å². The van der Waals surface area contributed by atoms with Crippen molar-refractivity contribution in [3.63, 3.8) is 0 Å². The van der Waals surface area contributed by atoms with Gasteiger partial charge in [-0.1, -0.05) is 6.07 Å². The molecule has 0 aliphatic carbocycles. The van der Waals surface area contributed by atoms with Crippen LogP contribution in [0.25, 0.3) is 16.9 Å². The maximum atomic E-state index is 13.6. The van der Waals surface area contributed by atoms with Gasteiger partial charge in [-0.25, -0.2) is 18.9 Å². The highest BCUT2D eigenvalue weighted by Crippen LogP contribution is 2.30. The van der Waals surface area contributed by atoms with Gasteiger partial charge >= 0.3 is 6.03 Å². The summed E-state index contributed by atoms with van der Waals surface area (Å²) in [6, 6.07) is 8.85. The number of nitrogens with one attached hydrogen (secondary N) is 2. The number of halogens is 1. The zero-order valence-electron chi connectivity index (χ0n) is 18.6. The van der Waals surface area contributed by atoms with E-state index in [2.05, 4.69) is 20.7 Å². The standard InChI is InChI=1S/C13H9N5O3.C10H10FNO2/c19-12-11(16-13(20)17-12)9-6-7-8(21-9)2-3-10(15-7)18-5-1-4-14-18;1-12-5-6-3-4-7(14-2)9(11)8(6)10(12)13/h1-6,11H,(H2,16,17,19,20);3-4H,5H2,1-2H3. The summed E-state index contributed by atoms with van der Waals surface area (Å²) in [6.45, 7) is 0.467. The van der Waals surface area contributed by atoms with Crippen molar-refractivity contribution in [1.29, 1.82) is 0 Å². The van der Waals surface area contributed by atoms with Crippen LogP contribution in [-0.4, -0.2) is 51.7 Å². The van der Waals surface area contributed by atoms with E-state index in [9.17, 15) is 18.8 Å². The zero-order valence-corrected chi connectivity index (χ0v) is 18.6. The molecule has 12 heteroatoms. The average Bonchev–Trinajstić information content (AvgIpc) is 3.62. The van der Waals surface area contributed by atoms with Gasteiger partial charge in [0.05, 0.1) is 12.7 Å². The zero-order chi connectivity index (χ0) is 24.7. The molecule has 6 rings (SSSR count). The molecular formula is C23H19FN6O5. The van der Waals surface area contributed by atoms with Gasteiger partial charge in [0.15, 0.2) is 29.0 Å². The first-order chi connectivity index (χ1) is 16.9. The number of aromatic nitrogens is 3. The summed E-state index contributed by atoms with van der Waals surface area (Å²) >= 11 is 0. The number of nitrogens with zero attached hydrogens (tertiary/aromatic N) is 4. The highest BCUT2D eigenvalue weighted by atomic mass is 19.1. The predicted octanol–water partition coefficient (Wildman–Crippen LogP) is 2.31. The summed E-state index contributed by atoms with van der Waals surface area (Å²) < 4.78 is 25.6. The Bertz CT molecular complexity index is 1460. The second-order valence-corrected chi connectivity index (χ2v) is 7.83. The van der Waals surface area contributed by atoms with Crippen molar-refractivity contribution in [2.24, 2.45) is 0 Å². The smallest absolute Gasteiger partial charge is 0.322 e. The molecule has 2 aliphatic heterocycles. The van der Waals surface area contributed by atoms with E-state index < -0.39 is 23.8 Å². The number of furan rings is 1. The average molecular weight is 478 g/mol. The van der Waals surface area contributed by atoms with Crippen LogP contribution in [0.5, 0.6) is 5.75 Å². The molecule has 1 unspecified atom stereocenters. The van der Waals surface area contributed by atoms with E-state index >= 15 is 0 Å². The van der Waals surface area contributed by atoms with Crippen LogP contribution in [0.2, 0.25) is 0 Å². The van der Waals surface area contributed by atoms with Crippen LogP contribution in [0.15, 0.2) is 53.2 Å². The SMILES string of the molecule is COc1ccc2c(c1F)C(=O)N(C)C2.O=C1NC(=O)C(c2cc3nc(-n4cccn4)ccc3o2)N1. The van der Waals surface area contributed by atoms with E-state index in [0.717, 1.165) is 5.56 Å². The predicted molar refractivity (Wildman–Crippen MR) is 119 cm³/mol. The van der Waals surface area contributed by atoms with Gasteiger partial charge in [-0.3, -0.25) is 14.9 Å². The van der Waals surface area contributed by atoms with Crippen molar-refractivity contribution >= 4 is 28.9 Å². The van der Waals surface area contributed by atoms with Gasteiger partial charge in [0.25, 0.3) is 11.8 Å². The number of imide groups is 1. The summed E-state index contributed by atoms with van der Waals surface area (Å²) in [5.41, 5.74) is 1.99. The molecule has 3 aromatic heterocycles. The molecule has 0 spiro atoms. The van der Waals surface area contributed by atoms with E-state index in [-0.39, 0.29) is 17.2 Å². The third kappa shape index (κ3) is 3.94. The molecule has 11 nitrogen and oxygen atoms in total. The fourth-order valence-electron chi connectivity index (χ4n) is 3.86. The first-order valence-electron chi connectivity index (χ1n) is 10.5. The lowest BCUT2D eigenvalue weighted by molar-refractivity contribution is -0.120. The van der Waals surface area contributed by atoms with Crippen LogP contribution in [0.3, 0.4) is 0 Å². The normalized spacial score (nSPS) is 16.6. The number of ether oxygens (including phenoxy) is 1. The van der Waals surface area contributed by atoms with Gasteiger partial charge in [-0.05, 0) is 29.8 Å². The molecule has 0 radical (unpaired) electrons. The monoisotopic (exact) mass is 478 g/mol. The molecule has 1 fully saturated rings. The van der Waals surface area contributed by atoms with Gasteiger partial charge < -0.3 is 19.4 Å². The summed E-state index contributed by atoms with van der Waals surface area (Å²) in [7, 11) is 3.03. The Morgan fingerprint density at radius 1 is 1.20 bits per heavy atom. The molecular weight excluding hydrogens is 459 g/mol. The first kappa shape index (κ1) is 22.1. The number of amides is 4. The number of benzene rings is 1. The van der Waals surface area contributed by atoms with Crippen LogP contribution in [0.4, 0.5) is 9.18 Å². The quantitative estimate of drug-likeness (QED) is 0.432. The lowest BCUT2D eigenvalue weighted by atomic mass is 10.1. The van der Waals surface area contributed by atoms with Crippen molar-refractivity contribution in [1.82, 2.24) is 30.3 Å². The highest BCUT2D eigenvalue weighted by molar-refractivity contribution is 6.04. The minimum absolute atomic E-state index is 0.118. The molecule has 35 heavy (non-hydrogen) atoms. The number of fused-ring (bicyclic) bond motifs is 2. The molecule has 178 valence electrons. The number of pyridine rings is 1. The van der Waals surface area contributed by atoms with Crippen molar-refractivity contribution < 1.29 is 27.9 Å². The molecule has 2 aliphatic rings. The topological polar surface area (TPSA) is 132 Å². The van der Waals surface area contributed by atoms with Gasteiger partial charge in [0, 0.05) is 32.1 Å². The van der Waals surface area contributed by atoms with E-state index in [1.165, 1.54) is 12.0 Å². The lowest BCUT2D eigenvalue weighted by Gasteiger charge is -2.05. The minimum Gasteiger partial charge on any atom is -0.494 e. The van der Waals surface area contributed by atoms with Crippen LogP contribution < -0.4 is 15.4 Å². The van der Waals surface area contributed by atoms with Crippen molar-refractivity contribution in [3.05, 3.63) is 71.5 Å². The molecule has 5 heterocycles. The Hall–Kier alpha value is -4.74. The Morgan fingerprint density at radius 2 is 2.03 bits per heavy atom. The highest BCUT2D eigenvalue weighted by Gasteiger charge is 2.34. The molecule has 2 N–H and O–H groups in total. The van der Waals surface area contributed by atoms with E-state index in [4.69, 9.17) is 9.15 Å². The summed E-state index contributed by atoms with van der Waals surface area (Å²) in [6.07, 6.45) is 3.44. The van der Waals surface area contributed by atoms with Crippen molar-refractivity contribution in [2.75, 3.05) is 14.2 Å². The van der Waals surface area contributed by atoms with E-state index in [1.54, 1.807) is 60.5 Å². The minimum atomic E-state index is -0.820. The number of methoxy groups -OCH3 is 1. The third-order valence-electron chi connectivity index (χ3n) is 5.56. The first-order valence-corrected chi connectivity index (χ1v) is 10.5. The van der Waals surface area contributed by atoms with Gasteiger partial charge in [0.1, 0.15) is 11.3 Å². The second-order valence-electron chi connectivity index (χ2n) is 7.83. The Kier molecular flexibility index (Phi) is 5.40. The van der Waals surface area contributed by atoms with Crippen LogP contribution in [0, 0.1) is 5.82 Å². The van der Waals surface area contributed by atoms with E-state index in [0.29, 0.717) is 29.2 Å². The molecule has 1 atom stereocenters. The maximum Gasteiger partial charge on any atom is 0.322 e. The number of hydrogen-bond acceptors (Lipinski definition) is 7. The fourth-order valence-corrected chi connectivity index (χ4v) is 3.86. The van der Waals surface area contributed by atoms with Gasteiger partial charge in [-0.15, -0.1) is 0 Å². The molecule has 1 aromatic carbocycles. The molecule has 0 bridgehead atoms. The van der Waals surface area contributed by atoms with Gasteiger partial charge in [0.2, 0.25) is 0 Å². The van der Waals surface area contributed by atoms with Crippen LogP contribution in [-0.2, 0) is 11.3 Å². The number of hydrogen-bond donors (Lipinski definition) is 2. The second kappa shape index (κ2) is 8.56. The number of rotatable bonds is 3. The van der Waals surface area contributed by atoms with E-state index in [1.807, 2.05) is 0 Å². The van der Waals surface area contributed by atoms with Gasteiger partial charge in [-0.2, -0.15) is 5.10 Å². The molecule has 4 amide bonds. The third-order valence-corrected chi connectivity index (χ3v) is 5.56. The lowest BCUT2D eigenvalue weighted by Crippen LogP contribution is -2.22.